The molecule has 26 heavy (non-hydrogen) atoms. The molecule has 11 heteroatoms. The highest BCUT2D eigenvalue weighted by Gasteiger charge is 2.12. The van der Waals surface area contributed by atoms with Gasteiger partial charge >= 0.3 is 0 Å². The molecule has 0 bridgehead atoms. The zero-order valence-electron chi connectivity index (χ0n) is 13.6. The van der Waals surface area contributed by atoms with Crippen LogP contribution >= 0.6 is 0 Å². The number of nitrogens with zero attached hydrogens (tertiary/aromatic N) is 3. The second-order valence-corrected chi connectivity index (χ2v) is 6.67. The van der Waals surface area contributed by atoms with Crippen LogP contribution in [-0.2, 0) is 14.8 Å². The van der Waals surface area contributed by atoms with Gasteiger partial charge < -0.3 is 21.9 Å². The molecule has 0 aliphatic carbocycles. The van der Waals surface area contributed by atoms with Crippen LogP contribution in [0.3, 0.4) is 0 Å². The predicted octanol–water partition coefficient (Wildman–Crippen LogP) is 1.73. The van der Waals surface area contributed by atoms with Crippen LogP contribution in [0.4, 0.5) is 17.1 Å². The number of carbonyl (C=O) groups is 1. The number of guanidine groups is 1. The molecular formula is C15H16N6O4S. The lowest BCUT2D eigenvalue weighted by molar-refractivity contribution is -0.114. The lowest BCUT2D eigenvalue weighted by Gasteiger charge is -2.04. The minimum atomic E-state index is -3.98. The first-order chi connectivity index (χ1) is 12.2. The minimum Gasteiger partial charge on any atom is -0.506 e. The molecule has 0 atom stereocenters. The summed E-state index contributed by atoms with van der Waals surface area (Å²) in [5.41, 5.74) is 11.1. The number of hydrogen-bond donors (Lipinski definition) is 4. The van der Waals surface area contributed by atoms with Crippen LogP contribution in [0, 0.1) is 0 Å². The SMILES string of the molecule is CC(=O)Nc1ccc(O)c(N=Nc2ccc(S(=O)(=O)N=C(N)N)cc2)c1. The normalized spacial score (nSPS) is 11.3. The maximum atomic E-state index is 11.8. The van der Waals surface area contributed by atoms with Gasteiger partial charge in [-0.3, -0.25) is 4.79 Å². The summed E-state index contributed by atoms with van der Waals surface area (Å²) >= 11 is 0. The highest BCUT2D eigenvalue weighted by atomic mass is 32.2. The maximum absolute atomic E-state index is 11.8. The molecule has 1 amide bonds. The van der Waals surface area contributed by atoms with Crippen molar-refractivity contribution in [3.63, 3.8) is 0 Å². The summed E-state index contributed by atoms with van der Waals surface area (Å²) in [6, 6.07) is 9.65. The van der Waals surface area contributed by atoms with E-state index in [1.807, 2.05) is 0 Å². The summed E-state index contributed by atoms with van der Waals surface area (Å²) in [6.07, 6.45) is 0. The summed E-state index contributed by atoms with van der Waals surface area (Å²) < 4.78 is 26.8. The van der Waals surface area contributed by atoms with Crippen molar-refractivity contribution >= 4 is 39.0 Å². The Bertz CT molecular complexity index is 980. The zero-order valence-corrected chi connectivity index (χ0v) is 14.4. The molecule has 136 valence electrons. The lowest BCUT2D eigenvalue weighted by atomic mass is 10.2. The largest absolute Gasteiger partial charge is 0.506 e. The van der Waals surface area contributed by atoms with Crippen molar-refractivity contribution in [2.45, 2.75) is 11.8 Å². The molecule has 0 aromatic heterocycles. The van der Waals surface area contributed by atoms with Gasteiger partial charge in [-0.2, -0.15) is 13.5 Å². The Balaban J connectivity index is 2.24. The smallest absolute Gasteiger partial charge is 0.285 e. The van der Waals surface area contributed by atoms with Crippen molar-refractivity contribution in [2.24, 2.45) is 26.1 Å². The van der Waals surface area contributed by atoms with Crippen molar-refractivity contribution < 1.29 is 18.3 Å². The van der Waals surface area contributed by atoms with Crippen LogP contribution in [-0.4, -0.2) is 25.4 Å². The second-order valence-electron chi connectivity index (χ2n) is 5.07. The van der Waals surface area contributed by atoms with E-state index in [-0.39, 0.29) is 22.2 Å². The summed E-state index contributed by atoms with van der Waals surface area (Å²) in [6.45, 7) is 1.35. The van der Waals surface area contributed by atoms with Crippen molar-refractivity contribution in [3.8, 4) is 5.75 Å². The van der Waals surface area contributed by atoms with E-state index in [2.05, 4.69) is 19.9 Å². The average molecular weight is 376 g/mol. The number of anilines is 1. The van der Waals surface area contributed by atoms with Gasteiger partial charge in [0.15, 0.2) is 0 Å². The number of phenolic OH excluding ortho intramolecular Hbond substituents is 1. The number of aromatic hydroxyl groups is 1. The molecule has 0 saturated carbocycles. The van der Waals surface area contributed by atoms with Gasteiger partial charge in [-0.1, -0.05) is 0 Å². The van der Waals surface area contributed by atoms with E-state index in [0.717, 1.165) is 0 Å². The molecule has 0 heterocycles. The van der Waals surface area contributed by atoms with Crippen molar-refractivity contribution in [2.75, 3.05) is 5.32 Å². The van der Waals surface area contributed by atoms with Gasteiger partial charge in [0.05, 0.1) is 10.6 Å². The number of benzene rings is 2. The number of nitrogens with two attached hydrogens (primary N) is 2. The maximum Gasteiger partial charge on any atom is 0.285 e. The average Bonchev–Trinajstić information content (AvgIpc) is 2.54. The molecule has 0 radical (unpaired) electrons. The van der Waals surface area contributed by atoms with E-state index >= 15 is 0 Å². The molecule has 0 unspecified atom stereocenters. The van der Waals surface area contributed by atoms with E-state index in [0.29, 0.717) is 11.4 Å². The lowest BCUT2D eigenvalue weighted by Crippen LogP contribution is -2.24. The number of azo groups is 1. The van der Waals surface area contributed by atoms with Crippen LogP contribution in [0.5, 0.6) is 5.75 Å². The Labute approximate surface area is 149 Å². The Morgan fingerprint density at radius 2 is 1.73 bits per heavy atom. The van der Waals surface area contributed by atoms with Gasteiger partial charge in [0.1, 0.15) is 11.4 Å². The summed E-state index contributed by atoms with van der Waals surface area (Å²) in [5, 5.41) is 20.2. The Morgan fingerprint density at radius 1 is 1.08 bits per heavy atom. The van der Waals surface area contributed by atoms with Crippen molar-refractivity contribution in [1.29, 1.82) is 0 Å². The molecular weight excluding hydrogens is 360 g/mol. The van der Waals surface area contributed by atoms with Crippen LogP contribution in [0.2, 0.25) is 0 Å². The van der Waals surface area contributed by atoms with Gasteiger partial charge in [0.2, 0.25) is 11.9 Å². The molecule has 0 aliphatic rings. The van der Waals surface area contributed by atoms with Crippen LogP contribution < -0.4 is 16.8 Å². The second kappa shape index (κ2) is 7.61. The zero-order chi connectivity index (χ0) is 19.3. The third kappa shape index (κ3) is 5.01. The van der Waals surface area contributed by atoms with Crippen LogP contribution in [0.25, 0.3) is 0 Å². The number of hydrogen-bond acceptors (Lipinski definition) is 6. The fourth-order valence-electron chi connectivity index (χ4n) is 1.87. The molecule has 2 aromatic rings. The van der Waals surface area contributed by atoms with E-state index in [4.69, 9.17) is 11.5 Å². The fraction of sp³-hybridized carbons (Fsp3) is 0.0667. The Kier molecular flexibility index (Phi) is 5.52. The number of rotatable bonds is 5. The molecule has 0 saturated heterocycles. The summed E-state index contributed by atoms with van der Waals surface area (Å²) in [5.74, 6) is -0.964. The number of sulfonamides is 1. The minimum absolute atomic E-state index is 0.111. The predicted molar refractivity (Wildman–Crippen MR) is 96.0 cm³/mol. The van der Waals surface area contributed by atoms with E-state index in [9.17, 15) is 18.3 Å². The van der Waals surface area contributed by atoms with E-state index in [1.54, 1.807) is 0 Å². The quantitative estimate of drug-likeness (QED) is 0.267. The van der Waals surface area contributed by atoms with Gasteiger partial charge in [-0.25, -0.2) is 0 Å². The van der Waals surface area contributed by atoms with Gasteiger partial charge in [-0.05, 0) is 42.5 Å². The Hall–Kier alpha value is -3.47. The van der Waals surface area contributed by atoms with Gasteiger partial charge in [-0.15, -0.1) is 9.51 Å². The molecule has 0 fully saturated rings. The van der Waals surface area contributed by atoms with Crippen LogP contribution in [0.15, 0.2) is 62.0 Å². The molecule has 10 nitrogen and oxygen atoms in total. The first-order valence-corrected chi connectivity index (χ1v) is 8.60. The third-order valence-corrected chi connectivity index (χ3v) is 4.25. The molecule has 6 N–H and O–H groups in total. The first-order valence-electron chi connectivity index (χ1n) is 7.16. The molecule has 2 aromatic carbocycles. The van der Waals surface area contributed by atoms with Crippen LogP contribution in [0.1, 0.15) is 6.92 Å². The van der Waals surface area contributed by atoms with Crippen molar-refractivity contribution in [1.82, 2.24) is 0 Å². The van der Waals surface area contributed by atoms with E-state index < -0.39 is 16.0 Å². The fourth-order valence-corrected chi connectivity index (χ4v) is 2.74. The van der Waals surface area contributed by atoms with Gasteiger partial charge in [0.25, 0.3) is 10.0 Å². The van der Waals surface area contributed by atoms with E-state index in [1.165, 1.54) is 49.4 Å². The third-order valence-electron chi connectivity index (χ3n) is 2.93. The van der Waals surface area contributed by atoms with Crippen molar-refractivity contribution in [3.05, 3.63) is 42.5 Å². The number of carbonyl (C=O) groups excluding carboxylic acids is 1. The number of phenols is 1. The monoisotopic (exact) mass is 376 g/mol. The standard InChI is InChI=1S/C15H16N6O4S/c1-9(22)18-11-4-7-14(23)13(8-11)20-19-10-2-5-12(6-3-10)26(24,25)21-15(16)17/h2-8,23H,1H3,(H,18,22)(H4,16,17,21). The Morgan fingerprint density at radius 3 is 2.31 bits per heavy atom. The highest BCUT2D eigenvalue weighted by Crippen LogP contribution is 2.31. The molecule has 0 aliphatic heterocycles. The highest BCUT2D eigenvalue weighted by molar-refractivity contribution is 7.90. The summed E-state index contributed by atoms with van der Waals surface area (Å²) in [4.78, 5) is 11.0. The number of amides is 1. The van der Waals surface area contributed by atoms with Gasteiger partial charge in [0, 0.05) is 12.6 Å². The molecule has 0 spiro atoms. The molecule has 2 rings (SSSR count). The number of nitrogens with one attached hydrogen (secondary N) is 1. The first kappa shape index (κ1) is 18.9. The summed E-state index contributed by atoms with van der Waals surface area (Å²) in [7, 11) is -3.98. The topological polar surface area (TPSA) is 173 Å².